The molecule has 12 aromatic heterocycles. The topological polar surface area (TPSA) is 457 Å². The Morgan fingerprint density at radius 3 is 1.17 bits per heavy atom. The van der Waals surface area contributed by atoms with Crippen LogP contribution in [0.3, 0.4) is 0 Å². The van der Waals surface area contributed by atoms with E-state index in [9.17, 15) is 38.0 Å². The van der Waals surface area contributed by atoms with Crippen molar-refractivity contribution in [3.05, 3.63) is 275 Å². The molecule has 0 radical (unpaired) electrons. The molecule has 41 heteroatoms. The summed E-state index contributed by atoms with van der Waals surface area (Å²) < 4.78 is 56.9. The molecule has 2 unspecified atom stereocenters. The molecular formula is C104H122Cl2FN25O13. The number of nitrogens with one attached hydrogen (secondary N) is 6. The summed E-state index contributed by atoms with van der Waals surface area (Å²) >= 11 is 12.3. The van der Waals surface area contributed by atoms with Crippen molar-refractivity contribution in [2.45, 2.75) is 230 Å². The van der Waals surface area contributed by atoms with Gasteiger partial charge in [0.05, 0.1) is 73.4 Å². The predicted octanol–water partition coefficient (Wildman–Crippen LogP) is 15.5. The minimum Gasteiger partial charge on any atom is -0.444 e. The normalized spacial score (nSPS) is 17.2. The maximum atomic E-state index is 13.2. The van der Waals surface area contributed by atoms with Crippen molar-refractivity contribution in [3.8, 4) is 0 Å². The quantitative estimate of drug-likeness (QED) is 0.0413. The second kappa shape index (κ2) is 47.2. The second-order valence-corrected chi connectivity index (χ2v) is 39.6. The van der Waals surface area contributed by atoms with Crippen molar-refractivity contribution in [2.75, 3.05) is 79.2 Å². The van der Waals surface area contributed by atoms with Crippen LogP contribution >= 0.6 is 23.2 Å². The number of rotatable bonds is 20. The lowest BCUT2D eigenvalue weighted by Crippen LogP contribution is -2.35. The van der Waals surface area contributed by atoms with E-state index in [2.05, 4.69) is 94.3 Å². The van der Waals surface area contributed by atoms with Gasteiger partial charge in [0, 0.05) is 127 Å². The molecule has 6 saturated heterocycles. The molecule has 18 heterocycles. The van der Waals surface area contributed by atoms with Gasteiger partial charge in [-0.15, -0.1) is 0 Å². The number of H-pyrrole nitrogens is 6. The van der Waals surface area contributed by atoms with Crippen LogP contribution in [0.25, 0.3) is 66.2 Å². The van der Waals surface area contributed by atoms with Crippen molar-refractivity contribution in [1.82, 2.24) is 123 Å². The zero-order valence-corrected chi connectivity index (χ0v) is 83.6. The first-order valence-corrected chi connectivity index (χ1v) is 51.2. The molecule has 1 aliphatic carbocycles. The highest BCUT2D eigenvalue weighted by Crippen LogP contribution is 2.34. The van der Waals surface area contributed by atoms with Crippen LogP contribution in [0.5, 0.6) is 0 Å². The molecule has 6 aliphatic heterocycles. The Morgan fingerprint density at radius 1 is 0.414 bits per heavy atom. The SMILES string of the molecule is CC(C)(C)OC(=O)N1CCC(n2ncc3c(=O)[nH]c(Cc4ccccc4)nc32)C1.CC(c1ccccc1)c1nc2c(cnn2C2CCOCC2)c(=O)[nH]1.CCCCc1nc2c(cnn2C2CCOCC2)c(=O)[nH]1.O=c1[nH]c(CCC2CCCC2)nc2c1cnn2C1CCOCC1.O=c1[nH]c(Cc2ccc(F)cc2Cl)nc2c1cnn2C1CCOCC1.O=c1[nH]c(Cc2ccccc2Cl)nc2c1cnn2C1CCOCC1. The predicted molar refractivity (Wildman–Crippen MR) is 546 cm³/mol. The number of carbonyl (C=O) groups is 1. The number of fused-ring (bicyclic) bond motifs is 6. The van der Waals surface area contributed by atoms with Gasteiger partial charge in [0.15, 0.2) is 33.9 Å². The number of nitrogens with zero attached hydrogens (tertiary/aromatic N) is 19. The number of aromatic nitrogens is 24. The number of likely N-dealkylation sites (tertiary alicyclic amines) is 1. The molecule has 16 aromatic rings. The number of amides is 1. The highest BCUT2D eigenvalue weighted by Gasteiger charge is 2.34. The zero-order chi connectivity index (χ0) is 101. The average Bonchev–Trinajstić information content (AvgIpc) is 1.69. The van der Waals surface area contributed by atoms with Crippen molar-refractivity contribution >= 4 is 95.5 Å². The molecule has 23 rings (SSSR count). The lowest BCUT2D eigenvalue weighted by atomic mass is 10.0. The molecule has 38 nitrogen and oxygen atoms in total. The van der Waals surface area contributed by atoms with Gasteiger partial charge in [-0.3, -0.25) is 28.8 Å². The summed E-state index contributed by atoms with van der Waals surface area (Å²) in [6.07, 6.45) is 30.5. The fourth-order valence-electron chi connectivity index (χ4n) is 19.6. The number of ether oxygens (including phenoxy) is 6. The van der Waals surface area contributed by atoms with E-state index in [0.717, 1.165) is 182 Å². The number of hydrogen-bond donors (Lipinski definition) is 6. The molecule has 1 saturated carbocycles. The molecule has 7 aliphatic rings. The van der Waals surface area contributed by atoms with Gasteiger partial charge in [-0.25, -0.2) is 67.2 Å². The molecule has 2 atom stereocenters. The standard InChI is InChI=1S/C21H25N5O3.C18H20N4O2.C17H16ClFN4O2.C17H17ClN4O2.C17H24N4O2.C14H20N4O2/c1-21(2,3)29-20(28)25-10-9-15(13-25)26-18-16(12-22-26)19(27)24-17(23-18)11-14-7-5-4-6-8-14;1-12(13-5-3-2-4-6-13)16-20-17-15(18(23)21-16)11-19-22(17)14-7-9-24-10-8-14;18-14-8-11(19)2-1-10(14)7-15-21-16-13(17(24)22-15)9-20-23(16)12-3-5-25-6-4-12;18-14-4-2-1-3-11(14)9-15-20-16-13(17(23)21-15)10-19-22(16)12-5-7-24-8-6-12;22-17-14-11-18-21(13-7-9-23-10-8-13)16(14)19-15(20-17)6-5-12-3-1-2-4-12;1-2-3-4-12-16-13-11(14(19)17-12)9-15-18(13)10-5-7-20-8-6-10/h4-8,12,15H,9-11,13H2,1-3H3,(H,23,24,27);2-6,11-12,14H,7-10H2,1H3,(H,20,21,23);1-2,8-9,12H,3-7H2,(H,21,22,24);1-4,10,12H,5-9H2,(H,20,21,23);11-13H,1-10H2,(H,19,20,22);9-10H,2-8H2,1H3,(H,16,17,19). The lowest BCUT2D eigenvalue weighted by Gasteiger charge is -2.24. The van der Waals surface area contributed by atoms with Gasteiger partial charge in [0.1, 0.15) is 78.7 Å². The van der Waals surface area contributed by atoms with Crippen LogP contribution in [-0.4, -0.2) is 214 Å². The Labute approximate surface area is 842 Å². The Balaban J connectivity index is 0.000000115. The molecule has 1 amide bonds. The number of unbranched alkanes of at least 4 members (excludes halogenated alkanes) is 1. The number of aryl methyl sites for hydroxylation is 2. The molecule has 4 aromatic carbocycles. The van der Waals surface area contributed by atoms with Crippen LogP contribution in [0.4, 0.5) is 9.18 Å². The van der Waals surface area contributed by atoms with E-state index in [1.54, 1.807) is 52.8 Å². The monoisotopic (exact) mass is 2020 g/mol. The summed E-state index contributed by atoms with van der Waals surface area (Å²) in [7, 11) is 0. The highest BCUT2D eigenvalue weighted by atomic mass is 35.5. The molecular weight excluding hydrogens is 1900 g/mol. The number of carbonyl (C=O) groups excluding carboxylic acids is 1. The minimum atomic E-state index is -0.533. The Hall–Kier alpha value is -13.4. The van der Waals surface area contributed by atoms with Crippen LogP contribution in [0, 0.1) is 11.7 Å². The van der Waals surface area contributed by atoms with Gasteiger partial charge >= 0.3 is 6.09 Å². The van der Waals surface area contributed by atoms with Crippen LogP contribution < -0.4 is 33.4 Å². The zero-order valence-electron chi connectivity index (χ0n) is 82.1. The lowest BCUT2D eigenvalue weighted by molar-refractivity contribution is 0.0288. The number of halogens is 3. The molecule has 0 bridgehead atoms. The van der Waals surface area contributed by atoms with Crippen LogP contribution in [0.1, 0.15) is 250 Å². The van der Waals surface area contributed by atoms with Crippen LogP contribution in [0.2, 0.25) is 10.0 Å². The third-order valence-electron chi connectivity index (χ3n) is 27.5. The molecule has 7 fully saturated rings. The van der Waals surface area contributed by atoms with E-state index in [1.165, 1.54) is 37.8 Å². The molecule has 145 heavy (non-hydrogen) atoms. The minimum absolute atomic E-state index is 0.0151. The second-order valence-electron chi connectivity index (χ2n) is 38.8. The average molecular weight is 2020 g/mol. The third-order valence-corrected chi connectivity index (χ3v) is 28.3. The van der Waals surface area contributed by atoms with Crippen molar-refractivity contribution < 1.29 is 37.6 Å². The highest BCUT2D eigenvalue weighted by molar-refractivity contribution is 6.31. The summed E-state index contributed by atoms with van der Waals surface area (Å²) in [6.45, 7) is 18.0. The first-order chi connectivity index (χ1) is 70.5. The Kier molecular flexibility index (Phi) is 33.1. The summed E-state index contributed by atoms with van der Waals surface area (Å²) in [5.74, 6) is 4.32. The molecule has 6 N–H and O–H groups in total. The van der Waals surface area contributed by atoms with E-state index < -0.39 is 11.4 Å². The van der Waals surface area contributed by atoms with Crippen molar-refractivity contribution in [2.24, 2.45) is 5.92 Å². The van der Waals surface area contributed by atoms with Crippen LogP contribution in [0.15, 0.2) is 169 Å². The number of aromatic amines is 6. The summed E-state index contributed by atoms with van der Waals surface area (Å²) in [6, 6.07) is 32.8. The number of hydrogen-bond acceptors (Lipinski definition) is 25. The van der Waals surface area contributed by atoms with Crippen molar-refractivity contribution in [1.29, 1.82) is 0 Å². The molecule has 0 spiro atoms. The third kappa shape index (κ3) is 24.9. The summed E-state index contributed by atoms with van der Waals surface area (Å²) in [4.78, 5) is 133. The van der Waals surface area contributed by atoms with E-state index in [1.807, 2.05) is 129 Å². The van der Waals surface area contributed by atoms with Crippen molar-refractivity contribution in [3.63, 3.8) is 0 Å². The summed E-state index contributed by atoms with van der Waals surface area (Å²) in [5, 5.41) is 30.5. The van der Waals surface area contributed by atoms with Gasteiger partial charge in [-0.2, -0.15) is 30.6 Å². The maximum Gasteiger partial charge on any atom is 0.410 e. The van der Waals surface area contributed by atoms with Gasteiger partial charge in [-0.1, -0.05) is 154 Å². The Bertz CT molecular complexity index is 7510. The van der Waals surface area contributed by atoms with Gasteiger partial charge < -0.3 is 63.2 Å². The van der Waals surface area contributed by atoms with Gasteiger partial charge in [0.2, 0.25) is 0 Å². The maximum absolute atomic E-state index is 13.2. The number of benzene rings is 4. The smallest absolute Gasteiger partial charge is 0.410 e. The van der Waals surface area contributed by atoms with Gasteiger partial charge in [-0.05, 0) is 151 Å². The first-order valence-electron chi connectivity index (χ1n) is 50.4. The van der Waals surface area contributed by atoms with E-state index in [4.69, 9.17) is 61.6 Å². The fourth-order valence-corrected chi connectivity index (χ4v) is 20.0. The fraction of sp³-hybridized carbons (Fsp3) is 0.471. The van der Waals surface area contributed by atoms with E-state index in [-0.39, 0.29) is 75.6 Å². The van der Waals surface area contributed by atoms with E-state index in [0.29, 0.717) is 164 Å². The largest absolute Gasteiger partial charge is 0.444 e. The summed E-state index contributed by atoms with van der Waals surface area (Å²) in [5.41, 5.74) is 6.27. The van der Waals surface area contributed by atoms with Crippen LogP contribution in [-0.2, 0) is 60.5 Å². The first kappa shape index (κ1) is 102. The molecule has 762 valence electrons. The van der Waals surface area contributed by atoms with Gasteiger partial charge in [0.25, 0.3) is 33.4 Å². The Morgan fingerprint density at radius 2 is 0.766 bits per heavy atom. The van der Waals surface area contributed by atoms with E-state index >= 15 is 0 Å².